The van der Waals surface area contributed by atoms with E-state index < -0.39 is 17.9 Å². The average Bonchev–Trinajstić information content (AvgIpc) is 2.33. The Hall–Kier alpha value is -2.50. The Morgan fingerprint density at radius 2 is 2.17 bits per heavy atom. The molecule has 0 atom stereocenters. The second-order valence-corrected chi connectivity index (χ2v) is 3.73. The standard InChI is InChI=1S/C12H11NO5/c1-18-8-4-2-3-6-10(8)13-12(17)7(11(6)16)5-9(14)15/h2-4H,5H2,1H3,(H,14,15)(H2,13,16,17). The molecule has 18 heavy (non-hydrogen) atoms. The van der Waals surface area contributed by atoms with E-state index in [1.807, 2.05) is 0 Å². The third-order valence-electron chi connectivity index (χ3n) is 2.63. The van der Waals surface area contributed by atoms with Crippen molar-refractivity contribution in [2.24, 2.45) is 0 Å². The molecule has 0 aliphatic carbocycles. The molecule has 0 spiro atoms. The first-order valence-electron chi connectivity index (χ1n) is 5.17. The molecule has 0 fully saturated rings. The van der Waals surface area contributed by atoms with Crippen molar-refractivity contribution in [3.05, 3.63) is 34.1 Å². The predicted molar refractivity (Wildman–Crippen MR) is 64.1 cm³/mol. The summed E-state index contributed by atoms with van der Waals surface area (Å²) >= 11 is 0. The van der Waals surface area contributed by atoms with Gasteiger partial charge in [-0.1, -0.05) is 6.07 Å². The number of aromatic nitrogens is 1. The molecule has 0 saturated heterocycles. The van der Waals surface area contributed by atoms with E-state index in [4.69, 9.17) is 9.84 Å². The van der Waals surface area contributed by atoms with Crippen molar-refractivity contribution in [3.8, 4) is 11.5 Å². The van der Waals surface area contributed by atoms with Crippen LogP contribution in [0.15, 0.2) is 23.0 Å². The molecular formula is C12H11NO5. The molecule has 0 amide bonds. The van der Waals surface area contributed by atoms with E-state index in [0.29, 0.717) is 16.7 Å². The molecule has 0 aliphatic rings. The van der Waals surface area contributed by atoms with Crippen LogP contribution in [-0.4, -0.2) is 28.3 Å². The molecule has 1 aromatic carbocycles. The number of nitrogens with one attached hydrogen (secondary N) is 1. The summed E-state index contributed by atoms with van der Waals surface area (Å²) in [6.07, 6.45) is -0.533. The fourth-order valence-electron chi connectivity index (χ4n) is 1.80. The smallest absolute Gasteiger partial charge is 0.308 e. The van der Waals surface area contributed by atoms with Crippen molar-refractivity contribution < 1.29 is 19.7 Å². The van der Waals surface area contributed by atoms with E-state index in [0.717, 1.165) is 0 Å². The normalized spacial score (nSPS) is 10.5. The number of para-hydroxylation sites is 1. The van der Waals surface area contributed by atoms with E-state index >= 15 is 0 Å². The lowest BCUT2D eigenvalue weighted by Crippen LogP contribution is -2.16. The zero-order valence-electron chi connectivity index (χ0n) is 9.56. The van der Waals surface area contributed by atoms with Crippen molar-refractivity contribution in [1.82, 2.24) is 4.98 Å². The lowest BCUT2D eigenvalue weighted by Gasteiger charge is -2.08. The van der Waals surface area contributed by atoms with Crippen LogP contribution < -0.4 is 10.3 Å². The minimum atomic E-state index is -1.18. The van der Waals surface area contributed by atoms with Gasteiger partial charge in [-0.05, 0) is 12.1 Å². The fourth-order valence-corrected chi connectivity index (χ4v) is 1.80. The van der Waals surface area contributed by atoms with Crippen molar-refractivity contribution in [1.29, 1.82) is 0 Å². The summed E-state index contributed by atoms with van der Waals surface area (Å²) < 4.78 is 5.06. The molecule has 1 heterocycles. The lowest BCUT2D eigenvalue weighted by atomic mass is 10.1. The molecule has 0 radical (unpaired) electrons. The van der Waals surface area contributed by atoms with E-state index in [1.165, 1.54) is 7.11 Å². The highest BCUT2D eigenvalue weighted by molar-refractivity contribution is 5.91. The largest absolute Gasteiger partial charge is 0.507 e. The zero-order valence-corrected chi connectivity index (χ0v) is 9.56. The summed E-state index contributed by atoms with van der Waals surface area (Å²) in [7, 11) is 1.44. The van der Waals surface area contributed by atoms with Crippen LogP contribution in [0.5, 0.6) is 11.5 Å². The number of carbonyl (C=O) groups is 1. The minimum Gasteiger partial charge on any atom is -0.507 e. The number of hydrogen-bond acceptors (Lipinski definition) is 4. The molecule has 2 aromatic rings. The molecular weight excluding hydrogens is 238 g/mol. The Kier molecular flexibility index (Phi) is 2.93. The molecule has 0 aliphatic heterocycles. The van der Waals surface area contributed by atoms with Gasteiger partial charge in [-0.3, -0.25) is 9.59 Å². The van der Waals surface area contributed by atoms with Gasteiger partial charge in [-0.2, -0.15) is 0 Å². The van der Waals surface area contributed by atoms with E-state index in [-0.39, 0.29) is 11.3 Å². The van der Waals surface area contributed by atoms with Crippen molar-refractivity contribution in [2.45, 2.75) is 6.42 Å². The van der Waals surface area contributed by atoms with Gasteiger partial charge >= 0.3 is 5.97 Å². The van der Waals surface area contributed by atoms with Crippen molar-refractivity contribution >= 4 is 16.9 Å². The molecule has 94 valence electrons. The maximum Gasteiger partial charge on any atom is 0.308 e. The molecule has 2 rings (SSSR count). The monoisotopic (exact) mass is 249 g/mol. The maximum atomic E-state index is 11.7. The highest BCUT2D eigenvalue weighted by Crippen LogP contribution is 2.30. The zero-order chi connectivity index (χ0) is 13.3. The van der Waals surface area contributed by atoms with E-state index in [1.54, 1.807) is 18.2 Å². The van der Waals surface area contributed by atoms with Gasteiger partial charge in [-0.25, -0.2) is 0 Å². The van der Waals surface area contributed by atoms with Crippen molar-refractivity contribution in [3.63, 3.8) is 0 Å². The minimum absolute atomic E-state index is 0.164. The van der Waals surface area contributed by atoms with Crippen molar-refractivity contribution in [2.75, 3.05) is 7.11 Å². The first-order valence-corrected chi connectivity index (χ1v) is 5.17. The third kappa shape index (κ3) is 1.88. The number of H-pyrrole nitrogens is 1. The van der Waals surface area contributed by atoms with Gasteiger partial charge in [-0.15, -0.1) is 0 Å². The summed E-state index contributed by atoms with van der Waals surface area (Å²) in [5, 5.41) is 19.0. The second kappa shape index (κ2) is 4.40. The molecule has 0 unspecified atom stereocenters. The number of carboxylic acid groups (broad SMARTS) is 1. The molecule has 0 saturated carbocycles. The topological polar surface area (TPSA) is 99.6 Å². The predicted octanol–water partition coefficient (Wildman–Crippen LogP) is 0.869. The number of fused-ring (bicyclic) bond motifs is 1. The third-order valence-corrected chi connectivity index (χ3v) is 2.63. The van der Waals surface area contributed by atoms with Crippen LogP contribution in [-0.2, 0) is 11.2 Å². The number of aliphatic carboxylic acids is 1. The Labute approximate surface area is 101 Å². The first kappa shape index (κ1) is 12.0. The van der Waals surface area contributed by atoms with Gasteiger partial charge in [0.25, 0.3) is 5.56 Å². The van der Waals surface area contributed by atoms with Crippen LogP contribution >= 0.6 is 0 Å². The Morgan fingerprint density at radius 1 is 1.44 bits per heavy atom. The maximum absolute atomic E-state index is 11.7. The van der Waals surface area contributed by atoms with Gasteiger partial charge < -0.3 is 19.9 Å². The summed E-state index contributed by atoms with van der Waals surface area (Å²) in [6, 6.07) is 4.85. The number of pyridine rings is 1. The average molecular weight is 249 g/mol. The van der Waals surface area contributed by atoms with Crippen LogP contribution in [0.25, 0.3) is 10.9 Å². The van der Waals surface area contributed by atoms with Gasteiger partial charge in [0.2, 0.25) is 0 Å². The molecule has 3 N–H and O–H groups in total. The number of methoxy groups -OCH3 is 1. The van der Waals surface area contributed by atoms with Crippen LogP contribution in [0.3, 0.4) is 0 Å². The van der Waals surface area contributed by atoms with Crippen LogP contribution in [0.1, 0.15) is 5.56 Å². The Bertz CT molecular complexity index is 674. The molecule has 6 heteroatoms. The number of ether oxygens (including phenoxy) is 1. The first-order chi connectivity index (χ1) is 8.54. The van der Waals surface area contributed by atoms with Gasteiger partial charge in [0.15, 0.2) is 0 Å². The number of carboxylic acids is 1. The van der Waals surface area contributed by atoms with Crippen LogP contribution in [0.2, 0.25) is 0 Å². The van der Waals surface area contributed by atoms with Crippen LogP contribution in [0, 0.1) is 0 Å². The molecule has 6 nitrogen and oxygen atoms in total. The summed E-state index contributed by atoms with van der Waals surface area (Å²) in [5.41, 5.74) is -0.452. The highest BCUT2D eigenvalue weighted by atomic mass is 16.5. The second-order valence-electron chi connectivity index (χ2n) is 3.73. The highest BCUT2D eigenvalue weighted by Gasteiger charge is 2.16. The number of aromatic amines is 1. The molecule has 1 aromatic heterocycles. The fraction of sp³-hybridized carbons (Fsp3) is 0.167. The Balaban J connectivity index is 2.79. The van der Waals surface area contributed by atoms with Gasteiger partial charge in [0, 0.05) is 5.39 Å². The number of aromatic hydroxyl groups is 1. The summed E-state index contributed by atoms with van der Waals surface area (Å²) in [6.45, 7) is 0. The quantitative estimate of drug-likeness (QED) is 0.749. The lowest BCUT2D eigenvalue weighted by molar-refractivity contribution is -0.136. The number of benzene rings is 1. The Morgan fingerprint density at radius 3 is 2.78 bits per heavy atom. The van der Waals surface area contributed by atoms with E-state index in [9.17, 15) is 14.7 Å². The van der Waals surface area contributed by atoms with E-state index in [2.05, 4.69) is 4.98 Å². The molecule has 0 bridgehead atoms. The van der Waals surface area contributed by atoms with Crippen LogP contribution in [0.4, 0.5) is 0 Å². The van der Waals surface area contributed by atoms with Gasteiger partial charge in [0.05, 0.1) is 24.6 Å². The summed E-state index contributed by atoms with van der Waals surface area (Å²) in [5.74, 6) is -1.10. The number of hydrogen-bond donors (Lipinski definition) is 3. The summed E-state index contributed by atoms with van der Waals surface area (Å²) in [4.78, 5) is 24.9. The van der Waals surface area contributed by atoms with Gasteiger partial charge in [0.1, 0.15) is 11.5 Å². The SMILES string of the molecule is COc1cccc2c(O)c(CC(=O)O)c(=O)[nH]c12. The number of rotatable bonds is 3.